The van der Waals surface area contributed by atoms with Crippen molar-refractivity contribution >= 4 is 27.8 Å². The number of carbonyl (C=O) groups excluding carboxylic acids is 2. The Morgan fingerprint density at radius 1 is 1.47 bits per heavy atom. The molecule has 6 heteroatoms. The zero-order valence-corrected chi connectivity index (χ0v) is 10.7. The molecule has 0 fully saturated rings. The van der Waals surface area contributed by atoms with Crippen LogP contribution < -0.4 is 5.32 Å². The Kier molecular flexibility index (Phi) is 5.11. The van der Waals surface area contributed by atoms with Crippen molar-refractivity contribution in [1.82, 2.24) is 5.32 Å². The molecule has 0 spiro atoms. The summed E-state index contributed by atoms with van der Waals surface area (Å²) in [4.78, 5) is 23.0. The van der Waals surface area contributed by atoms with Gasteiger partial charge >= 0.3 is 5.97 Å². The highest BCUT2D eigenvalue weighted by molar-refractivity contribution is 9.10. The van der Waals surface area contributed by atoms with E-state index >= 15 is 0 Å². The minimum absolute atomic E-state index is 0.384. The molecule has 0 aliphatic rings. The maximum Gasteiger partial charge on any atom is 0.330 e. The summed E-state index contributed by atoms with van der Waals surface area (Å²) in [5, 5.41) is 11.3. The molecule has 0 saturated heterocycles. The van der Waals surface area contributed by atoms with E-state index in [0.29, 0.717) is 10.0 Å². The lowest BCUT2D eigenvalue weighted by Gasteiger charge is -2.14. The molecule has 17 heavy (non-hydrogen) atoms. The van der Waals surface area contributed by atoms with Crippen LogP contribution in [-0.4, -0.2) is 36.7 Å². The Labute approximate surface area is 107 Å². The van der Waals surface area contributed by atoms with Crippen LogP contribution in [0.25, 0.3) is 0 Å². The first-order valence-corrected chi connectivity index (χ1v) is 5.63. The smallest absolute Gasteiger partial charge is 0.330 e. The molecule has 1 rings (SSSR count). The van der Waals surface area contributed by atoms with E-state index in [-0.39, 0.29) is 0 Å². The molecule has 92 valence electrons. The van der Waals surface area contributed by atoms with Gasteiger partial charge < -0.3 is 15.2 Å². The molecule has 0 aliphatic heterocycles. The van der Waals surface area contributed by atoms with Gasteiger partial charge in [-0.15, -0.1) is 0 Å². The third-order valence-electron chi connectivity index (χ3n) is 2.09. The molecule has 2 N–H and O–H groups in total. The monoisotopic (exact) mass is 301 g/mol. The lowest BCUT2D eigenvalue weighted by Crippen LogP contribution is -2.44. The number of aliphatic hydroxyl groups is 1. The summed E-state index contributed by atoms with van der Waals surface area (Å²) in [5.41, 5.74) is 0.384. The van der Waals surface area contributed by atoms with Crippen LogP contribution in [-0.2, 0) is 9.53 Å². The molecule has 1 unspecified atom stereocenters. The summed E-state index contributed by atoms with van der Waals surface area (Å²) in [6, 6.07) is 5.72. The van der Waals surface area contributed by atoms with Crippen LogP contribution in [0.5, 0.6) is 0 Å². The third kappa shape index (κ3) is 3.54. The van der Waals surface area contributed by atoms with Crippen molar-refractivity contribution in [2.75, 3.05) is 13.7 Å². The van der Waals surface area contributed by atoms with E-state index in [1.807, 2.05) is 0 Å². The molecule has 1 aromatic rings. The number of carbonyl (C=O) groups is 2. The molecule has 1 aromatic carbocycles. The molecule has 1 amide bonds. The van der Waals surface area contributed by atoms with Gasteiger partial charge in [-0.05, 0) is 28.1 Å². The highest BCUT2D eigenvalue weighted by Crippen LogP contribution is 2.15. The Balaban J connectivity index is 2.78. The van der Waals surface area contributed by atoms with E-state index in [4.69, 9.17) is 5.11 Å². The number of rotatable bonds is 4. The van der Waals surface area contributed by atoms with Crippen LogP contribution in [0.3, 0.4) is 0 Å². The van der Waals surface area contributed by atoms with E-state index in [0.717, 1.165) is 0 Å². The Hall–Kier alpha value is -1.40. The van der Waals surface area contributed by atoms with Gasteiger partial charge in [0.1, 0.15) is 0 Å². The number of ether oxygens (including phenoxy) is 1. The predicted octanol–water partition coefficient (Wildman–Crippen LogP) is 0.713. The molecule has 1 atom stereocenters. The molecule has 0 aromatic heterocycles. The fourth-order valence-electron chi connectivity index (χ4n) is 1.20. The van der Waals surface area contributed by atoms with Crippen molar-refractivity contribution in [1.29, 1.82) is 0 Å². The maximum atomic E-state index is 11.8. The van der Waals surface area contributed by atoms with Gasteiger partial charge in [0, 0.05) is 4.47 Å². The van der Waals surface area contributed by atoms with Gasteiger partial charge in [-0.3, -0.25) is 4.79 Å². The molecule has 0 heterocycles. The van der Waals surface area contributed by atoms with Crippen molar-refractivity contribution in [2.24, 2.45) is 0 Å². The van der Waals surface area contributed by atoms with Crippen LogP contribution in [0.2, 0.25) is 0 Å². The molecule has 0 radical (unpaired) electrons. The van der Waals surface area contributed by atoms with Crippen LogP contribution in [0.4, 0.5) is 0 Å². The highest BCUT2D eigenvalue weighted by atomic mass is 79.9. The average molecular weight is 302 g/mol. The largest absolute Gasteiger partial charge is 0.467 e. The van der Waals surface area contributed by atoms with Gasteiger partial charge in [0.15, 0.2) is 6.04 Å². The summed E-state index contributed by atoms with van der Waals surface area (Å²) in [6.45, 7) is -0.511. The van der Waals surface area contributed by atoms with Gasteiger partial charge in [-0.25, -0.2) is 4.79 Å². The van der Waals surface area contributed by atoms with Crippen LogP contribution in [0, 0.1) is 0 Å². The fraction of sp³-hybridized carbons (Fsp3) is 0.273. The highest BCUT2D eigenvalue weighted by Gasteiger charge is 2.21. The summed E-state index contributed by atoms with van der Waals surface area (Å²) in [5.74, 6) is -1.14. The van der Waals surface area contributed by atoms with Crippen LogP contribution in [0.1, 0.15) is 10.4 Å². The van der Waals surface area contributed by atoms with Crippen molar-refractivity contribution in [3.63, 3.8) is 0 Å². The number of hydrogen-bond acceptors (Lipinski definition) is 4. The zero-order valence-electron chi connectivity index (χ0n) is 9.14. The Morgan fingerprint density at radius 2 is 2.12 bits per heavy atom. The first-order chi connectivity index (χ1) is 8.10. The van der Waals surface area contributed by atoms with Crippen molar-refractivity contribution < 1.29 is 19.4 Å². The topological polar surface area (TPSA) is 75.6 Å². The number of aliphatic hydroxyl groups excluding tert-OH is 1. The lowest BCUT2D eigenvalue weighted by molar-refractivity contribution is -0.143. The normalized spacial score (nSPS) is 11.7. The fourth-order valence-corrected chi connectivity index (χ4v) is 1.67. The van der Waals surface area contributed by atoms with E-state index in [2.05, 4.69) is 26.0 Å². The maximum absolute atomic E-state index is 11.8. The third-order valence-corrected chi connectivity index (χ3v) is 2.78. The number of halogens is 1. The molecule has 5 nitrogen and oxygen atoms in total. The van der Waals surface area contributed by atoms with E-state index in [1.54, 1.807) is 24.3 Å². The summed E-state index contributed by atoms with van der Waals surface area (Å²) >= 11 is 3.22. The lowest BCUT2D eigenvalue weighted by atomic mass is 10.2. The number of hydrogen-bond donors (Lipinski definition) is 2. The Bertz CT molecular complexity index is 422. The first kappa shape index (κ1) is 13.7. The summed E-state index contributed by atoms with van der Waals surface area (Å²) in [6.07, 6.45) is 0. The van der Waals surface area contributed by atoms with Gasteiger partial charge in [-0.2, -0.15) is 0 Å². The van der Waals surface area contributed by atoms with E-state index in [1.165, 1.54) is 7.11 Å². The zero-order chi connectivity index (χ0) is 12.8. The molecule has 0 saturated carbocycles. The summed E-state index contributed by atoms with van der Waals surface area (Å²) < 4.78 is 5.06. The number of amides is 1. The van der Waals surface area contributed by atoms with Crippen molar-refractivity contribution in [3.8, 4) is 0 Å². The predicted molar refractivity (Wildman–Crippen MR) is 64.5 cm³/mol. The van der Waals surface area contributed by atoms with Gasteiger partial charge in [-0.1, -0.05) is 12.1 Å². The second kappa shape index (κ2) is 6.36. The van der Waals surface area contributed by atoms with Crippen molar-refractivity contribution in [2.45, 2.75) is 6.04 Å². The number of nitrogens with one attached hydrogen (secondary N) is 1. The second-order valence-electron chi connectivity index (χ2n) is 3.21. The quantitative estimate of drug-likeness (QED) is 0.803. The SMILES string of the molecule is COC(=O)C(CO)NC(=O)c1ccccc1Br. The number of benzene rings is 1. The minimum Gasteiger partial charge on any atom is -0.467 e. The van der Waals surface area contributed by atoms with Crippen molar-refractivity contribution in [3.05, 3.63) is 34.3 Å². The Morgan fingerprint density at radius 3 is 2.65 bits per heavy atom. The molecule has 0 bridgehead atoms. The van der Waals surface area contributed by atoms with Gasteiger partial charge in [0.05, 0.1) is 19.3 Å². The first-order valence-electron chi connectivity index (χ1n) is 4.84. The summed E-state index contributed by atoms with van der Waals surface area (Å²) in [7, 11) is 1.19. The average Bonchev–Trinajstić information content (AvgIpc) is 2.35. The van der Waals surface area contributed by atoms with Crippen LogP contribution >= 0.6 is 15.9 Å². The van der Waals surface area contributed by atoms with E-state index in [9.17, 15) is 9.59 Å². The molecular weight excluding hydrogens is 290 g/mol. The van der Waals surface area contributed by atoms with Crippen LogP contribution in [0.15, 0.2) is 28.7 Å². The molecule has 0 aliphatic carbocycles. The molecular formula is C11H12BrNO4. The number of methoxy groups -OCH3 is 1. The van der Waals surface area contributed by atoms with E-state index < -0.39 is 24.5 Å². The van der Waals surface area contributed by atoms with Gasteiger partial charge in [0.2, 0.25) is 0 Å². The van der Waals surface area contributed by atoms with Gasteiger partial charge in [0.25, 0.3) is 5.91 Å². The standard InChI is InChI=1S/C11H12BrNO4/c1-17-11(16)9(6-14)13-10(15)7-4-2-3-5-8(7)12/h2-5,9,14H,6H2,1H3,(H,13,15). The number of esters is 1. The minimum atomic E-state index is -1.06. The second-order valence-corrected chi connectivity index (χ2v) is 4.07.